The van der Waals surface area contributed by atoms with Crippen molar-refractivity contribution in [2.75, 3.05) is 7.11 Å². The number of methoxy groups -OCH3 is 1. The van der Waals surface area contributed by atoms with Crippen LogP contribution in [0.2, 0.25) is 0 Å². The van der Waals surface area contributed by atoms with Crippen LogP contribution in [0.3, 0.4) is 0 Å². The Labute approximate surface area is 113 Å². The van der Waals surface area contributed by atoms with Crippen molar-refractivity contribution in [3.8, 4) is 17.2 Å². The van der Waals surface area contributed by atoms with Crippen molar-refractivity contribution in [3.63, 3.8) is 0 Å². The van der Waals surface area contributed by atoms with Crippen molar-refractivity contribution >= 4 is 22.2 Å². The van der Waals surface area contributed by atoms with Crippen LogP contribution in [-0.4, -0.2) is 13.4 Å². The molecule has 0 radical (unpaired) electrons. The number of para-hydroxylation sites is 1. The van der Waals surface area contributed by atoms with E-state index >= 15 is 0 Å². The molecule has 0 unspecified atom stereocenters. The van der Waals surface area contributed by atoms with E-state index in [9.17, 15) is 4.79 Å². The second-order valence-electron chi connectivity index (χ2n) is 3.53. The number of ether oxygens (including phenoxy) is 2. The van der Waals surface area contributed by atoms with Gasteiger partial charge in [-0.25, -0.2) is 0 Å². The van der Waals surface area contributed by atoms with Gasteiger partial charge in [0.1, 0.15) is 5.75 Å². The summed E-state index contributed by atoms with van der Waals surface area (Å²) in [5.41, 5.74) is 0.515. The third kappa shape index (κ3) is 2.54. The van der Waals surface area contributed by atoms with Crippen LogP contribution in [-0.2, 0) is 0 Å². The second kappa shape index (κ2) is 5.69. The first kappa shape index (κ1) is 12.6. The Morgan fingerprint density at radius 1 is 1.11 bits per heavy atom. The first-order chi connectivity index (χ1) is 8.76. The van der Waals surface area contributed by atoms with Gasteiger partial charge in [-0.2, -0.15) is 0 Å². The Kier molecular flexibility index (Phi) is 3.99. The lowest BCUT2D eigenvalue weighted by Gasteiger charge is -2.13. The fraction of sp³-hybridized carbons (Fsp3) is 0.0714. The molecule has 0 saturated carbocycles. The van der Waals surface area contributed by atoms with E-state index in [2.05, 4.69) is 15.9 Å². The molecular formula is C14H11BrO3. The van der Waals surface area contributed by atoms with Gasteiger partial charge in [0, 0.05) is 5.56 Å². The van der Waals surface area contributed by atoms with E-state index in [0.717, 1.165) is 6.29 Å². The highest BCUT2D eigenvalue weighted by Crippen LogP contribution is 2.39. The summed E-state index contributed by atoms with van der Waals surface area (Å²) in [4.78, 5) is 10.9. The maximum absolute atomic E-state index is 10.9. The fourth-order valence-corrected chi connectivity index (χ4v) is 2.01. The van der Waals surface area contributed by atoms with Crippen LogP contribution in [0.15, 0.2) is 46.9 Å². The molecule has 2 aromatic rings. The van der Waals surface area contributed by atoms with Gasteiger partial charge in [0.25, 0.3) is 0 Å². The van der Waals surface area contributed by atoms with E-state index in [1.165, 1.54) is 0 Å². The molecule has 2 aromatic carbocycles. The zero-order valence-electron chi connectivity index (χ0n) is 9.72. The van der Waals surface area contributed by atoms with E-state index in [1.54, 1.807) is 19.2 Å². The highest BCUT2D eigenvalue weighted by molar-refractivity contribution is 9.10. The van der Waals surface area contributed by atoms with Crippen molar-refractivity contribution in [1.29, 1.82) is 0 Å². The molecule has 4 heteroatoms. The molecule has 92 valence electrons. The summed E-state index contributed by atoms with van der Waals surface area (Å²) in [5.74, 6) is 1.74. The molecule has 0 spiro atoms. The quantitative estimate of drug-likeness (QED) is 0.799. The van der Waals surface area contributed by atoms with Crippen molar-refractivity contribution in [3.05, 3.63) is 52.5 Å². The first-order valence-electron chi connectivity index (χ1n) is 5.31. The lowest BCUT2D eigenvalue weighted by Crippen LogP contribution is -1.94. The molecule has 0 fully saturated rings. The van der Waals surface area contributed by atoms with Crippen LogP contribution in [0.5, 0.6) is 17.2 Å². The van der Waals surface area contributed by atoms with Crippen LogP contribution in [0.25, 0.3) is 0 Å². The molecule has 18 heavy (non-hydrogen) atoms. The van der Waals surface area contributed by atoms with Gasteiger partial charge in [0.05, 0.1) is 11.6 Å². The average molecular weight is 307 g/mol. The summed E-state index contributed by atoms with van der Waals surface area (Å²) in [6.07, 6.45) is 0.765. The van der Waals surface area contributed by atoms with Crippen molar-refractivity contribution in [1.82, 2.24) is 0 Å². The molecule has 0 N–H and O–H groups in total. The molecule has 0 aliphatic rings. The van der Waals surface area contributed by atoms with Gasteiger partial charge in [-0.3, -0.25) is 4.79 Å². The number of benzene rings is 2. The molecule has 0 heterocycles. The summed E-state index contributed by atoms with van der Waals surface area (Å²) in [5, 5.41) is 0. The second-order valence-corrected chi connectivity index (χ2v) is 4.33. The molecule has 0 amide bonds. The Bertz CT molecular complexity index is 552. The van der Waals surface area contributed by atoms with E-state index in [0.29, 0.717) is 27.3 Å². The predicted octanol–water partition coefficient (Wildman–Crippen LogP) is 4.06. The van der Waals surface area contributed by atoms with E-state index in [1.807, 2.05) is 30.3 Å². The lowest BCUT2D eigenvalue weighted by atomic mass is 10.2. The Morgan fingerprint density at radius 2 is 1.83 bits per heavy atom. The highest BCUT2D eigenvalue weighted by atomic mass is 79.9. The van der Waals surface area contributed by atoms with Crippen molar-refractivity contribution in [2.45, 2.75) is 0 Å². The predicted molar refractivity (Wildman–Crippen MR) is 72.6 cm³/mol. The zero-order valence-corrected chi connectivity index (χ0v) is 11.3. The molecule has 0 bridgehead atoms. The molecular weight excluding hydrogens is 296 g/mol. The van der Waals surface area contributed by atoms with Crippen LogP contribution < -0.4 is 9.47 Å². The van der Waals surface area contributed by atoms with Gasteiger partial charge in [-0.1, -0.05) is 18.2 Å². The third-order valence-corrected chi connectivity index (χ3v) is 3.22. The number of rotatable bonds is 4. The minimum atomic E-state index is 0.494. The SMILES string of the molecule is COc1ccc(C=O)c(Br)c1Oc1ccccc1. The van der Waals surface area contributed by atoms with Gasteiger partial charge in [0.2, 0.25) is 0 Å². The van der Waals surface area contributed by atoms with Crippen molar-refractivity contribution < 1.29 is 14.3 Å². The van der Waals surface area contributed by atoms with E-state index in [-0.39, 0.29) is 0 Å². The molecule has 3 nitrogen and oxygen atoms in total. The number of hydrogen-bond donors (Lipinski definition) is 0. The summed E-state index contributed by atoms with van der Waals surface area (Å²) < 4.78 is 11.6. The summed E-state index contributed by atoms with van der Waals surface area (Å²) >= 11 is 3.35. The largest absolute Gasteiger partial charge is 0.493 e. The lowest BCUT2D eigenvalue weighted by molar-refractivity contribution is 0.112. The summed E-state index contributed by atoms with van der Waals surface area (Å²) in [6, 6.07) is 12.7. The molecule has 0 saturated heterocycles. The van der Waals surface area contributed by atoms with E-state index < -0.39 is 0 Å². The fourth-order valence-electron chi connectivity index (χ4n) is 1.51. The molecule has 0 aromatic heterocycles. The smallest absolute Gasteiger partial charge is 0.184 e. The maximum atomic E-state index is 10.9. The topological polar surface area (TPSA) is 35.5 Å². The normalized spacial score (nSPS) is 9.89. The van der Waals surface area contributed by atoms with Gasteiger partial charge in [-0.05, 0) is 40.2 Å². The monoisotopic (exact) mass is 306 g/mol. The number of carbonyl (C=O) groups excluding carboxylic acids is 1. The average Bonchev–Trinajstić information content (AvgIpc) is 2.42. The van der Waals surface area contributed by atoms with E-state index in [4.69, 9.17) is 9.47 Å². The summed E-state index contributed by atoms with van der Waals surface area (Å²) in [6.45, 7) is 0. The van der Waals surface area contributed by atoms with Gasteiger partial charge >= 0.3 is 0 Å². The highest BCUT2D eigenvalue weighted by Gasteiger charge is 2.14. The van der Waals surface area contributed by atoms with Crippen LogP contribution >= 0.6 is 15.9 Å². The van der Waals surface area contributed by atoms with Gasteiger partial charge < -0.3 is 9.47 Å². The minimum Gasteiger partial charge on any atom is -0.493 e. The van der Waals surface area contributed by atoms with Gasteiger partial charge in [0.15, 0.2) is 17.8 Å². The number of carbonyl (C=O) groups is 1. The minimum absolute atomic E-state index is 0.494. The molecule has 0 atom stereocenters. The van der Waals surface area contributed by atoms with Crippen LogP contribution in [0.4, 0.5) is 0 Å². The number of halogens is 1. The molecule has 0 aliphatic heterocycles. The Morgan fingerprint density at radius 3 is 2.44 bits per heavy atom. The van der Waals surface area contributed by atoms with Gasteiger partial charge in [-0.15, -0.1) is 0 Å². The standard InChI is InChI=1S/C14H11BrO3/c1-17-12-8-7-10(9-16)13(15)14(12)18-11-5-3-2-4-6-11/h2-9H,1H3. The number of hydrogen-bond acceptors (Lipinski definition) is 3. The number of aldehydes is 1. The molecule has 0 aliphatic carbocycles. The van der Waals surface area contributed by atoms with Crippen LogP contribution in [0, 0.1) is 0 Å². The van der Waals surface area contributed by atoms with Crippen molar-refractivity contribution in [2.24, 2.45) is 0 Å². The first-order valence-corrected chi connectivity index (χ1v) is 6.10. The maximum Gasteiger partial charge on any atom is 0.184 e. The van der Waals surface area contributed by atoms with Crippen LogP contribution in [0.1, 0.15) is 10.4 Å². The third-order valence-electron chi connectivity index (χ3n) is 2.40. The molecule has 2 rings (SSSR count). The Hall–Kier alpha value is -1.81. The zero-order chi connectivity index (χ0) is 13.0. The summed E-state index contributed by atoms with van der Waals surface area (Å²) in [7, 11) is 1.56. The Balaban J connectivity index is 2.45.